The predicted octanol–water partition coefficient (Wildman–Crippen LogP) is 0.683. The van der Waals surface area contributed by atoms with Gasteiger partial charge >= 0.3 is 0 Å². The molecule has 0 aromatic heterocycles. The van der Waals surface area contributed by atoms with E-state index in [0.29, 0.717) is 13.0 Å². The normalized spacial score (nSPS) is 25.2. The van der Waals surface area contributed by atoms with Crippen molar-refractivity contribution in [3.05, 3.63) is 0 Å². The van der Waals surface area contributed by atoms with Crippen LogP contribution in [0.5, 0.6) is 0 Å². The summed E-state index contributed by atoms with van der Waals surface area (Å²) in [5, 5.41) is 3.04. The van der Waals surface area contributed by atoms with E-state index in [0.717, 1.165) is 38.8 Å². The third-order valence-electron chi connectivity index (χ3n) is 3.72. The number of hydrogen-bond acceptors (Lipinski definition) is 3. The minimum atomic E-state index is -0.250. The molecule has 2 aliphatic heterocycles. The number of amides is 2. The van der Waals surface area contributed by atoms with Gasteiger partial charge in [-0.05, 0) is 25.7 Å². The van der Waals surface area contributed by atoms with E-state index >= 15 is 0 Å². The number of piperidine rings is 1. The molecule has 2 heterocycles. The Morgan fingerprint density at radius 3 is 2.56 bits per heavy atom. The monoisotopic (exact) mass is 254 g/mol. The minimum Gasteiger partial charge on any atom is -0.368 e. The summed E-state index contributed by atoms with van der Waals surface area (Å²) in [5.41, 5.74) is 0. The van der Waals surface area contributed by atoms with Crippen LogP contribution >= 0.6 is 0 Å². The fraction of sp³-hybridized carbons (Fsp3) is 0.846. The summed E-state index contributed by atoms with van der Waals surface area (Å²) >= 11 is 0. The predicted molar refractivity (Wildman–Crippen MR) is 67.0 cm³/mol. The van der Waals surface area contributed by atoms with E-state index in [9.17, 15) is 9.59 Å². The lowest BCUT2D eigenvalue weighted by atomic mass is 10.0. The van der Waals surface area contributed by atoms with Crippen LogP contribution in [0.2, 0.25) is 0 Å². The molecule has 0 aliphatic carbocycles. The lowest BCUT2D eigenvalue weighted by molar-refractivity contribution is -0.133. The van der Waals surface area contributed by atoms with Crippen molar-refractivity contribution in [2.45, 2.75) is 51.2 Å². The van der Waals surface area contributed by atoms with Gasteiger partial charge in [0.25, 0.3) is 0 Å². The summed E-state index contributed by atoms with van der Waals surface area (Å²) in [5.74, 6) is 0.228. The highest BCUT2D eigenvalue weighted by molar-refractivity contribution is 5.81. The molecule has 102 valence electrons. The Morgan fingerprint density at radius 2 is 2.00 bits per heavy atom. The lowest BCUT2D eigenvalue weighted by Gasteiger charge is -2.32. The molecule has 1 N–H and O–H groups in total. The molecule has 0 aromatic rings. The molecule has 0 spiro atoms. The van der Waals surface area contributed by atoms with Crippen LogP contribution in [-0.4, -0.2) is 48.6 Å². The van der Waals surface area contributed by atoms with Crippen LogP contribution in [0.1, 0.15) is 39.0 Å². The Kier molecular flexibility index (Phi) is 4.58. The zero-order valence-corrected chi connectivity index (χ0v) is 11.0. The second-order valence-electron chi connectivity index (χ2n) is 5.02. The zero-order chi connectivity index (χ0) is 13.0. The molecule has 2 amide bonds. The molecule has 5 nitrogen and oxygen atoms in total. The number of nitrogens with zero attached hydrogens (tertiary/aromatic N) is 1. The van der Waals surface area contributed by atoms with E-state index in [1.807, 2.05) is 11.8 Å². The van der Waals surface area contributed by atoms with Crippen molar-refractivity contribution in [3.8, 4) is 0 Å². The van der Waals surface area contributed by atoms with E-state index < -0.39 is 0 Å². The number of nitrogens with one attached hydrogen (secondary N) is 1. The summed E-state index contributed by atoms with van der Waals surface area (Å²) in [6, 6.07) is 0.197. The smallest absolute Gasteiger partial charge is 0.249 e. The van der Waals surface area contributed by atoms with Crippen molar-refractivity contribution in [2.75, 3.05) is 19.7 Å². The highest BCUT2D eigenvalue weighted by atomic mass is 16.5. The SMILES string of the molecule is CCC(=O)N1CCC(NC(=O)C2CCCO2)CC1. The van der Waals surface area contributed by atoms with E-state index in [4.69, 9.17) is 4.74 Å². The third-order valence-corrected chi connectivity index (χ3v) is 3.72. The topological polar surface area (TPSA) is 58.6 Å². The molecule has 0 aromatic carbocycles. The summed E-state index contributed by atoms with van der Waals surface area (Å²) in [4.78, 5) is 25.3. The molecule has 1 unspecified atom stereocenters. The number of carbonyl (C=O) groups excluding carboxylic acids is 2. The van der Waals surface area contributed by atoms with Crippen molar-refractivity contribution >= 4 is 11.8 Å². The highest BCUT2D eigenvalue weighted by Crippen LogP contribution is 2.15. The first kappa shape index (κ1) is 13.3. The fourth-order valence-corrected chi connectivity index (χ4v) is 2.58. The Labute approximate surface area is 108 Å². The first-order valence-electron chi connectivity index (χ1n) is 6.90. The van der Waals surface area contributed by atoms with Gasteiger partial charge in [-0.2, -0.15) is 0 Å². The number of rotatable bonds is 3. The van der Waals surface area contributed by atoms with E-state index in [1.54, 1.807) is 0 Å². The molecule has 0 bridgehead atoms. The third kappa shape index (κ3) is 3.22. The summed E-state index contributed by atoms with van der Waals surface area (Å²) in [6.45, 7) is 4.08. The molecule has 5 heteroatoms. The van der Waals surface area contributed by atoms with Crippen LogP contribution in [0.3, 0.4) is 0 Å². The molecule has 0 radical (unpaired) electrons. The van der Waals surface area contributed by atoms with E-state index in [-0.39, 0.29) is 24.0 Å². The van der Waals surface area contributed by atoms with Crippen LogP contribution in [-0.2, 0) is 14.3 Å². The maximum atomic E-state index is 11.9. The Hall–Kier alpha value is -1.10. The van der Waals surface area contributed by atoms with Gasteiger partial charge in [-0.25, -0.2) is 0 Å². The van der Waals surface area contributed by atoms with Gasteiger partial charge < -0.3 is 15.0 Å². The van der Waals surface area contributed by atoms with Gasteiger partial charge in [-0.15, -0.1) is 0 Å². The number of likely N-dealkylation sites (tertiary alicyclic amines) is 1. The number of hydrogen-bond donors (Lipinski definition) is 1. The van der Waals surface area contributed by atoms with E-state index in [2.05, 4.69) is 5.32 Å². The molecule has 2 saturated heterocycles. The zero-order valence-electron chi connectivity index (χ0n) is 11.0. The maximum Gasteiger partial charge on any atom is 0.249 e. The lowest BCUT2D eigenvalue weighted by Crippen LogP contribution is -2.48. The maximum absolute atomic E-state index is 11.9. The molecule has 2 fully saturated rings. The molecule has 2 rings (SSSR count). The number of carbonyl (C=O) groups is 2. The van der Waals surface area contributed by atoms with Gasteiger partial charge in [-0.3, -0.25) is 9.59 Å². The van der Waals surface area contributed by atoms with Crippen molar-refractivity contribution in [3.63, 3.8) is 0 Å². The summed E-state index contributed by atoms with van der Waals surface area (Å²) in [6.07, 6.45) is 3.82. The highest BCUT2D eigenvalue weighted by Gasteiger charge is 2.28. The molecule has 1 atom stereocenters. The van der Waals surface area contributed by atoms with Crippen molar-refractivity contribution in [1.29, 1.82) is 0 Å². The fourth-order valence-electron chi connectivity index (χ4n) is 2.58. The Balaban J connectivity index is 1.73. The minimum absolute atomic E-state index is 0.0211. The van der Waals surface area contributed by atoms with Crippen molar-refractivity contribution in [2.24, 2.45) is 0 Å². The molecule has 18 heavy (non-hydrogen) atoms. The van der Waals surface area contributed by atoms with Gasteiger partial charge in [0.1, 0.15) is 6.10 Å². The quantitative estimate of drug-likeness (QED) is 0.806. The van der Waals surface area contributed by atoms with E-state index in [1.165, 1.54) is 0 Å². The second kappa shape index (κ2) is 6.18. The van der Waals surface area contributed by atoms with Crippen LogP contribution in [0, 0.1) is 0 Å². The molecule has 2 aliphatic rings. The summed E-state index contributed by atoms with van der Waals surface area (Å²) < 4.78 is 5.36. The largest absolute Gasteiger partial charge is 0.368 e. The second-order valence-corrected chi connectivity index (χ2v) is 5.02. The molecular formula is C13H22N2O3. The average Bonchev–Trinajstić information content (AvgIpc) is 2.92. The van der Waals surface area contributed by atoms with Crippen LogP contribution in [0.15, 0.2) is 0 Å². The van der Waals surface area contributed by atoms with Gasteiger partial charge in [0, 0.05) is 32.2 Å². The Morgan fingerprint density at radius 1 is 1.28 bits per heavy atom. The number of ether oxygens (including phenoxy) is 1. The summed E-state index contributed by atoms with van der Waals surface area (Å²) in [7, 11) is 0. The average molecular weight is 254 g/mol. The molecular weight excluding hydrogens is 232 g/mol. The standard InChI is InChI=1S/C13H22N2O3/c1-2-12(16)15-7-5-10(6-8-15)14-13(17)11-4-3-9-18-11/h10-11H,2-9H2,1H3,(H,14,17). The first-order valence-corrected chi connectivity index (χ1v) is 6.90. The van der Waals surface area contributed by atoms with Gasteiger partial charge in [0.15, 0.2) is 0 Å². The van der Waals surface area contributed by atoms with Crippen molar-refractivity contribution < 1.29 is 14.3 Å². The van der Waals surface area contributed by atoms with Gasteiger partial charge in [0.2, 0.25) is 11.8 Å². The molecule has 0 saturated carbocycles. The first-order chi connectivity index (χ1) is 8.70. The van der Waals surface area contributed by atoms with Crippen molar-refractivity contribution in [1.82, 2.24) is 10.2 Å². The van der Waals surface area contributed by atoms with Gasteiger partial charge in [0.05, 0.1) is 0 Å². The van der Waals surface area contributed by atoms with Crippen LogP contribution in [0.4, 0.5) is 0 Å². The van der Waals surface area contributed by atoms with Crippen LogP contribution < -0.4 is 5.32 Å². The van der Waals surface area contributed by atoms with Gasteiger partial charge in [-0.1, -0.05) is 6.92 Å². The Bertz CT molecular complexity index is 305. The van der Waals surface area contributed by atoms with Crippen LogP contribution in [0.25, 0.3) is 0 Å².